The minimum Gasteiger partial charge on any atom is -0.449 e. The SMILES string of the molecule is CCCC(C)(CCOC(=O)Nc1cc2cc(F)ccc2cn1)C(=O)NCc1cccc(F)c1Cl. The van der Waals surface area contributed by atoms with Crippen molar-refractivity contribution in [1.82, 2.24) is 10.3 Å². The molecule has 1 aromatic heterocycles. The molecule has 0 aliphatic rings. The summed E-state index contributed by atoms with van der Waals surface area (Å²) in [6, 6.07) is 10.3. The van der Waals surface area contributed by atoms with Gasteiger partial charge in [-0.15, -0.1) is 0 Å². The molecule has 6 nitrogen and oxygen atoms in total. The fraction of sp³-hybridized carbons (Fsp3) is 0.320. The molecule has 0 saturated carbocycles. The first-order valence-corrected chi connectivity index (χ1v) is 11.3. The zero-order valence-electron chi connectivity index (χ0n) is 19.0. The third-order valence-electron chi connectivity index (χ3n) is 5.62. The van der Waals surface area contributed by atoms with Crippen molar-refractivity contribution in [2.24, 2.45) is 5.41 Å². The van der Waals surface area contributed by atoms with Crippen LogP contribution in [0.25, 0.3) is 10.8 Å². The highest BCUT2D eigenvalue weighted by Crippen LogP contribution is 2.29. The van der Waals surface area contributed by atoms with Gasteiger partial charge in [0.25, 0.3) is 0 Å². The summed E-state index contributed by atoms with van der Waals surface area (Å²) in [6.45, 7) is 3.83. The molecular formula is C25H26ClF2N3O3. The number of benzene rings is 2. The summed E-state index contributed by atoms with van der Waals surface area (Å²) in [5, 5.41) is 6.63. The lowest BCUT2D eigenvalue weighted by atomic mass is 9.81. The van der Waals surface area contributed by atoms with Gasteiger partial charge in [-0.3, -0.25) is 10.1 Å². The molecule has 0 bridgehead atoms. The number of carbonyl (C=O) groups excluding carboxylic acids is 2. The summed E-state index contributed by atoms with van der Waals surface area (Å²) in [6.07, 6.45) is 2.40. The second-order valence-electron chi connectivity index (χ2n) is 8.28. The molecule has 2 amide bonds. The van der Waals surface area contributed by atoms with Crippen LogP contribution < -0.4 is 10.6 Å². The van der Waals surface area contributed by atoms with Crippen LogP contribution in [-0.2, 0) is 16.1 Å². The minimum absolute atomic E-state index is 0.00131. The third kappa shape index (κ3) is 6.41. The van der Waals surface area contributed by atoms with Gasteiger partial charge < -0.3 is 10.1 Å². The van der Waals surface area contributed by atoms with E-state index in [4.69, 9.17) is 16.3 Å². The minimum atomic E-state index is -0.798. The lowest BCUT2D eigenvalue weighted by molar-refractivity contribution is -0.131. The van der Waals surface area contributed by atoms with E-state index >= 15 is 0 Å². The first-order chi connectivity index (χ1) is 16.2. The van der Waals surface area contributed by atoms with Crippen LogP contribution in [-0.4, -0.2) is 23.6 Å². The van der Waals surface area contributed by atoms with Crippen molar-refractivity contribution in [2.45, 2.75) is 39.7 Å². The Labute approximate surface area is 201 Å². The van der Waals surface area contributed by atoms with Crippen LogP contribution in [0.1, 0.15) is 38.7 Å². The standard InChI is InChI=1S/C25H26ClF2N3O3/c1-3-9-25(2,23(32)30-15-17-5-4-6-20(28)22(17)26)10-11-34-24(33)31-21-13-18-12-19(27)8-7-16(18)14-29-21/h4-8,12-14H,3,9-11,15H2,1-2H3,(H,30,32)(H,29,31,33). The highest BCUT2D eigenvalue weighted by Gasteiger charge is 2.32. The number of pyridine rings is 1. The van der Waals surface area contributed by atoms with E-state index < -0.39 is 17.3 Å². The molecule has 0 aliphatic heterocycles. The second kappa shape index (κ2) is 11.2. The van der Waals surface area contributed by atoms with Crippen LogP contribution in [0.15, 0.2) is 48.7 Å². The van der Waals surface area contributed by atoms with E-state index in [1.807, 2.05) is 6.92 Å². The fourth-order valence-electron chi connectivity index (χ4n) is 3.67. The van der Waals surface area contributed by atoms with E-state index in [0.717, 1.165) is 11.8 Å². The van der Waals surface area contributed by atoms with E-state index in [1.54, 1.807) is 25.1 Å². The highest BCUT2D eigenvalue weighted by atomic mass is 35.5. The molecule has 3 rings (SSSR count). The van der Waals surface area contributed by atoms with Gasteiger partial charge in [0.15, 0.2) is 0 Å². The van der Waals surface area contributed by atoms with Crippen LogP contribution in [0.4, 0.5) is 19.4 Å². The number of amides is 2. The number of nitrogens with one attached hydrogen (secondary N) is 2. The summed E-state index contributed by atoms with van der Waals surface area (Å²) in [4.78, 5) is 29.2. The molecular weight excluding hydrogens is 464 g/mol. The van der Waals surface area contributed by atoms with Crippen LogP contribution in [0.2, 0.25) is 5.02 Å². The number of halogens is 3. The van der Waals surface area contributed by atoms with Crippen LogP contribution >= 0.6 is 11.6 Å². The molecule has 1 unspecified atom stereocenters. The summed E-state index contributed by atoms with van der Waals surface area (Å²) >= 11 is 5.96. The van der Waals surface area contributed by atoms with Gasteiger partial charge in [-0.05, 0) is 54.1 Å². The molecule has 0 saturated heterocycles. The van der Waals surface area contributed by atoms with E-state index in [9.17, 15) is 18.4 Å². The molecule has 0 aliphatic carbocycles. The van der Waals surface area contributed by atoms with Gasteiger partial charge in [-0.25, -0.2) is 18.6 Å². The average molecular weight is 490 g/mol. The number of hydrogen-bond acceptors (Lipinski definition) is 4. The van der Waals surface area contributed by atoms with E-state index in [-0.39, 0.29) is 42.1 Å². The van der Waals surface area contributed by atoms with Crippen molar-refractivity contribution in [3.05, 3.63) is 70.9 Å². The van der Waals surface area contributed by atoms with Crippen molar-refractivity contribution < 1.29 is 23.1 Å². The number of aromatic nitrogens is 1. The van der Waals surface area contributed by atoms with Crippen LogP contribution in [0.5, 0.6) is 0 Å². The van der Waals surface area contributed by atoms with Crippen LogP contribution in [0.3, 0.4) is 0 Å². The molecule has 0 radical (unpaired) electrons. The Morgan fingerprint density at radius 2 is 1.91 bits per heavy atom. The molecule has 0 spiro atoms. The summed E-state index contributed by atoms with van der Waals surface area (Å²) in [7, 11) is 0. The number of hydrogen-bond donors (Lipinski definition) is 2. The third-order valence-corrected chi connectivity index (χ3v) is 6.05. The maximum atomic E-state index is 13.6. The van der Waals surface area contributed by atoms with Gasteiger partial charge in [-0.1, -0.05) is 44.0 Å². The molecule has 2 N–H and O–H groups in total. The number of carbonyl (C=O) groups is 2. The van der Waals surface area contributed by atoms with Gasteiger partial charge in [-0.2, -0.15) is 0 Å². The zero-order valence-corrected chi connectivity index (χ0v) is 19.7. The number of ether oxygens (including phenoxy) is 1. The number of rotatable bonds is 9. The van der Waals surface area contributed by atoms with Crippen molar-refractivity contribution >= 4 is 40.2 Å². The predicted molar refractivity (Wildman–Crippen MR) is 128 cm³/mol. The van der Waals surface area contributed by atoms with E-state index in [0.29, 0.717) is 17.4 Å². The maximum absolute atomic E-state index is 13.6. The number of fused-ring (bicyclic) bond motifs is 1. The topological polar surface area (TPSA) is 80.3 Å². The Hall–Kier alpha value is -3.26. The number of anilines is 1. The Morgan fingerprint density at radius 3 is 2.68 bits per heavy atom. The van der Waals surface area contributed by atoms with Gasteiger partial charge in [0, 0.05) is 23.5 Å². The highest BCUT2D eigenvalue weighted by molar-refractivity contribution is 6.31. The molecule has 34 heavy (non-hydrogen) atoms. The normalized spacial score (nSPS) is 12.7. The Balaban J connectivity index is 1.55. The summed E-state index contributed by atoms with van der Waals surface area (Å²) < 4.78 is 32.3. The van der Waals surface area contributed by atoms with Crippen molar-refractivity contribution in [1.29, 1.82) is 0 Å². The van der Waals surface area contributed by atoms with Gasteiger partial charge in [0.05, 0.1) is 11.6 Å². The smallest absolute Gasteiger partial charge is 0.412 e. The molecule has 2 aromatic carbocycles. The lowest BCUT2D eigenvalue weighted by Gasteiger charge is -2.28. The largest absolute Gasteiger partial charge is 0.449 e. The van der Waals surface area contributed by atoms with Crippen molar-refractivity contribution in [3.63, 3.8) is 0 Å². The molecule has 1 heterocycles. The molecule has 9 heteroatoms. The molecule has 180 valence electrons. The molecule has 1 atom stereocenters. The predicted octanol–water partition coefficient (Wildman–Crippen LogP) is 6.23. The molecule has 0 fully saturated rings. The Kier molecular flexibility index (Phi) is 8.39. The van der Waals surface area contributed by atoms with Crippen LogP contribution in [0, 0.1) is 17.0 Å². The molecule has 3 aromatic rings. The average Bonchev–Trinajstić information content (AvgIpc) is 2.79. The van der Waals surface area contributed by atoms with Gasteiger partial charge in [0.2, 0.25) is 5.91 Å². The van der Waals surface area contributed by atoms with E-state index in [1.165, 1.54) is 30.5 Å². The first-order valence-electron chi connectivity index (χ1n) is 10.9. The summed E-state index contributed by atoms with van der Waals surface area (Å²) in [5.41, 5.74) is -0.319. The monoisotopic (exact) mass is 489 g/mol. The van der Waals surface area contributed by atoms with Crippen molar-refractivity contribution in [2.75, 3.05) is 11.9 Å². The first kappa shape index (κ1) is 25.4. The lowest BCUT2D eigenvalue weighted by Crippen LogP contribution is -2.39. The summed E-state index contributed by atoms with van der Waals surface area (Å²) in [5.74, 6) is -0.948. The number of nitrogens with zero attached hydrogens (tertiary/aromatic N) is 1. The zero-order chi connectivity index (χ0) is 24.7. The van der Waals surface area contributed by atoms with E-state index in [2.05, 4.69) is 15.6 Å². The van der Waals surface area contributed by atoms with Gasteiger partial charge >= 0.3 is 6.09 Å². The van der Waals surface area contributed by atoms with Gasteiger partial charge in [0.1, 0.15) is 17.5 Å². The second-order valence-corrected chi connectivity index (χ2v) is 8.66. The Bertz CT molecular complexity index is 1190. The maximum Gasteiger partial charge on any atom is 0.412 e. The van der Waals surface area contributed by atoms with Crippen molar-refractivity contribution in [3.8, 4) is 0 Å². The quantitative estimate of drug-likeness (QED) is 0.373. The fourth-order valence-corrected chi connectivity index (χ4v) is 3.86. The Morgan fingerprint density at radius 1 is 1.12 bits per heavy atom.